The summed E-state index contributed by atoms with van der Waals surface area (Å²) in [6, 6.07) is 20.3. The molecule has 1 amide bonds. The van der Waals surface area contributed by atoms with Gasteiger partial charge in [-0.15, -0.1) is 0 Å². The Bertz CT molecular complexity index is 1120. The van der Waals surface area contributed by atoms with Crippen LogP contribution < -0.4 is 21.1 Å². The van der Waals surface area contributed by atoms with Gasteiger partial charge in [0.25, 0.3) is 5.91 Å². The molecule has 0 saturated heterocycles. The number of halogens is 1. The Balaban J connectivity index is 1.50. The van der Waals surface area contributed by atoms with Gasteiger partial charge in [0.15, 0.2) is 0 Å². The maximum Gasteiger partial charge on any atom is 0.256 e. The first-order valence-electron chi connectivity index (χ1n) is 9.58. The number of hydrogen-bond donors (Lipinski definition) is 3. The summed E-state index contributed by atoms with van der Waals surface area (Å²) in [5.74, 6) is 0.375. The van der Waals surface area contributed by atoms with Crippen molar-refractivity contribution in [1.82, 2.24) is 0 Å². The standard InChI is InChI=1S/C24H22ClN3O2/c1-24(26)13-12-16-14-18(10-11-21(16)28-24)27-23(29)19-7-3-2-6-17(19)15-30-22-9-5-4-8-20(22)25/h2-14,28H,15,26H2,1H3,(H,27,29). The Kier molecular flexibility index (Phi) is 5.48. The topological polar surface area (TPSA) is 76.4 Å². The monoisotopic (exact) mass is 419 g/mol. The van der Waals surface area contributed by atoms with Crippen molar-refractivity contribution in [3.05, 3.63) is 94.5 Å². The number of ether oxygens (including phenoxy) is 1. The molecule has 5 nitrogen and oxygen atoms in total. The maximum absolute atomic E-state index is 12.9. The molecule has 1 heterocycles. The number of nitrogens with one attached hydrogen (secondary N) is 2. The second kappa shape index (κ2) is 8.22. The highest BCUT2D eigenvalue weighted by molar-refractivity contribution is 6.32. The summed E-state index contributed by atoms with van der Waals surface area (Å²) in [5, 5.41) is 6.74. The van der Waals surface area contributed by atoms with Gasteiger partial charge in [0.1, 0.15) is 18.0 Å². The summed E-state index contributed by atoms with van der Waals surface area (Å²) < 4.78 is 5.82. The third kappa shape index (κ3) is 4.48. The summed E-state index contributed by atoms with van der Waals surface area (Å²) in [4.78, 5) is 12.9. The molecule has 4 N–H and O–H groups in total. The molecule has 3 aromatic carbocycles. The molecular formula is C24H22ClN3O2. The van der Waals surface area contributed by atoms with Crippen molar-refractivity contribution in [3.8, 4) is 5.75 Å². The maximum atomic E-state index is 12.9. The molecule has 1 aliphatic rings. The van der Waals surface area contributed by atoms with E-state index >= 15 is 0 Å². The van der Waals surface area contributed by atoms with Gasteiger partial charge in [-0.1, -0.05) is 48.0 Å². The zero-order chi connectivity index (χ0) is 21.1. The number of nitrogens with two attached hydrogens (primary N) is 1. The summed E-state index contributed by atoms with van der Waals surface area (Å²) in [6.07, 6.45) is 3.84. The third-order valence-electron chi connectivity index (χ3n) is 4.80. The molecule has 0 bridgehead atoms. The summed E-state index contributed by atoms with van der Waals surface area (Å²) in [5.41, 5.74) is 9.42. The second-order valence-corrected chi connectivity index (χ2v) is 7.78. The lowest BCUT2D eigenvalue weighted by Gasteiger charge is -2.28. The van der Waals surface area contributed by atoms with Gasteiger partial charge in [-0.2, -0.15) is 0 Å². The molecule has 152 valence electrons. The van der Waals surface area contributed by atoms with Gasteiger partial charge < -0.3 is 21.1 Å². The molecule has 0 aromatic heterocycles. The Labute approximate surface area is 180 Å². The van der Waals surface area contributed by atoms with E-state index in [-0.39, 0.29) is 12.5 Å². The van der Waals surface area contributed by atoms with Crippen LogP contribution in [0.15, 0.2) is 72.8 Å². The summed E-state index contributed by atoms with van der Waals surface area (Å²) >= 11 is 6.15. The minimum atomic E-state index is -0.585. The molecule has 0 saturated carbocycles. The van der Waals surface area contributed by atoms with Gasteiger partial charge >= 0.3 is 0 Å². The number of carbonyl (C=O) groups is 1. The number of hydrogen-bond acceptors (Lipinski definition) is 4. The van der Waals surface area contributed by atoms with Crippen molar-refractivity contribution in [2.75, 3.05) is 10.6 Å². The molecule has 1 unspecified atom stereocenters. The highest BCUT2D eigenvalue weighted by Crippen LogP contribution is 2.29. The zero-order valence-electron chi connectivity index (χ0n) is 16.5. The number of fused-ring (bicyclic) bond motifs is 1. The SMILES string of the molecule is CC1(N)C=Cc2cc(NC(=O)c3ccccc3COc3ccccc3Cl)ccc2N1. The average molecular weight is 420 g/mol. The van der Waals surface area contributed by atoms with E-state index in [1.807, 2.05) is 67.6 Å². The van der Waals surface area contributed by atoms with Gasteiger partial charge in [0, 0.05) is 22.5 Å². The normalized spacial score (nSPS) is 17.0. The lowest BCUT2D eigenvalue weighted by molar-refractivity contribution is 0.102. The van der Waals surface area contributed by atoms with Gasteiger partial charge in [-0.05, 0) is 55.0 Å². The fraction of sp³-hybridized carbons (Fsp3) is 0.125. The van der Waals surface area contributed by atoms with E-state index in [4.69, 9.17) is 22.1 Å². The Morgan fingerprint density at radius 3 is 2.73 bits per heavy atom. The Hall–Kier alpha value is -3.28. The van der Waals surface area contributed by atoms with Crippen molar-refractivity contribution in [2.45, 2.75) is 19.2 Å². The van der Waals surface area contributed by atoms with Crippen LogP contribution in [-0.4, -0.2) is 11.6 Å². The van der Waals surface area contributed by atoms with Crippen LogP contribution in [0.3, 0.4) is 0 Å². The van der Waals surface area contributed by atoms with E-state index in [1.165, 1.54) is 0 Å². The molecule has 0 fully saturated rings. The van der Waals surface area contributed by atoms with Crippen LogP contribution in [0.5, 0.6) is 5.75 Å². The highest BCUT2D eigenvalue weighted by Gasteiger charge is 2.20. The van der Waals surface area contributed by atoms with E-state index in [2.05, 4.69) is 10.6 Å². The third-order valence-corrected chi connectivity index (χ3v) is 5.12. The first kappa shape index (κ1) is 20.0. The molecule has 6 heteroatoms. The van der Waals surface area contributed by atoms with E-state index in [9.17, 15) is 4.79 Å². The van der Waals surface area contributed by atoms with Gasteiger partial charge in [-0.25, -0.2) is 0 Å². The van der Waals surface area contributed by atoms with E-state index in [1.54, 1.807) is 18.2 Å². The van der Waals surface area contributed by atoms with Crippen LogP contribution >= 0.6 is 11.6 Å². The van der Waals surface area contributed by atoms with Crippen LogP contribution in [0.2, 0.25) is 5.02 Å². The summed E-state index contributed by atoms with van der Waals surface area (Å²) in [7, 11) is 0. The van der Waals surface area contributed by atoms with Crippen molar-refractivity contribution in [1.29, 1.82) is 0 Å². The number of para-hydroxylation sites is 1. The fourth-order valence-electron chi connectivity index (χ4n) is 3.27. The Morgan fingerprint density at radius 1 is 1.13 bits per heavy atom. The van der Waals surface area contributed by atoms with Crippen LogP contribution in [-0.2, 0) is 6.61 Å². The first-order chi connectivity index (χ1) is 14.4. The molecule has 30 heavy (non-hydrogen) atoms. The predicted octanol–water partition coefficient (Wildman–Crippen LogP) is 5.28. The lowest BCUT2D eigenvalue weighted by atomic mass is 10.0. The number of rotatable bonds is 5. The molecule has 0 aliphatic carbocycles. The van der Waals surface area contributed by atoms with Crippen molar-refractivity contribution >= 4 is 35.0 Å². The fourth-order valence-corrected chi connectivity index (χ4v) is 3.46. The number of amides is 1. The van der Waals surface area contributed by atoms with Crippen LogP contribution in [0.4, 0.5) is 11.4 Å². The molecular weight excluding hydrogens is 398 g/mol. The molecule has 4 rings (SSSR count). The first-order valence-corrected chi connectivity index (χ1v) is 9.96. The van der Waals surface area contributed by atoms with E-state index < -0.39 is 5.66 Å². The number of anilines is 2. The molecule has 1 aliphatic heterocycles. The molecule has 0 radical (unpaired) electrons. The van der Waals surface area contributed by atoms with Crippen molar-refractivity contribution in [2.24, 2.45) is 5.73 Å². The molecule has 1 atom stereocenters. The van der Waals surface area contributed by atoms with E-state index in [0.29, 0.717) is 22.0 Å². The van der Waals surface area contributed by atoms with Gasteiger partial charge in [0.2, 0.25) is 0 Å². The van der Waals surface area contributed by atoms with Crippen LogP contribution in [0.1, 0.15) is 28.4 Å². The minimum absolute atomic E-state index is 0.204. The lowest BCUT2D eigenvalue weighted by Crippen LogP contribution is -2.43. The van der Waals surface area contributed by atoms with Gasteiger partial charge in [-0.3, -0.25) is 4.79 Å². The Morgan fingerprint density at radius 2 is 1.90 bits per heavy atom. The zero-order valence-corrected chi connectivity index (χ0v) is 17.2. The van der Waals surface area contributed by atoms with E-state index in [0.717, 1.165) is 16.8 Å². The molecule has 3 aromatic rings. The van der Waals surface area contributed by atoms with Crippen molar-refractivity contribution < 1.29 is 9.53 Å². The number of carbonyl (C=O) groups excluding carboxylic acids is 1. The van der Waals surface area contributed by atoms with Crippen LogP contribution in [0.25, 0.3) is 6.08 Å². The largest absolute Gasteiger partial charge is 0.487 e. The average Bonchev–Trinajstić information content (AvgIpc) is 2.73. The number of benzene rings is 3. The molecule has 0 spiro atoms. The minimum Gasteiger partial charge on any atom is -0.487 e. The summed E-state index contributed by atoms with van der Waals surface area (Å²) in [6.45, 7) is 2.13. The van der Waals surface area contributed by atoms with Crippen molar-refractivity contribution in [3.63, 3.8) is 0 Å². The van der Waals surface area contributed by atoms with Gasteiger partial charge in [0.05, 0.1) is 5.02 Å². The second-order valence-electron chi connectivity index (χ2n) is 7.37. The predicted molar refractivity (Wildman–Crippen MR) is 122 cm³/mol. The quantitative estimate of drug-likeness (QED) is 0.525. The smallest absolute Gasteiger partial charge is 0.256 e. The van der Waals surface area contributed by atoms with Crippen LogP contribution in [0, 0.1) is 0 Å². The highest BCUT2D eigenvalue weighted by atomic mass is 35.5.